The van der Waals surface area contributed by atoms with E-state index in [-0.39, 0.29) is 0 Å². The molecular formula is C4H10N2O3. The minimum Gasteiger partial charge on any atom is -0.390 e. The zero-order valence-corrected chi connectivity index (χ0v) is 5.03. The summed E-state index contributed by atoms with van der Waals surface area (Å²) in [5.41, 5.74) is 1.70. The topological polar surface area (TPSA) is 95.6 Å². The third-order valence-corrected chi connectivity index (χ3v) is 0.868. The number of nitrogens with one attached hydrogen (secondary N) is 1. The lowest BCUT2D eigenvalue weighted by atomic mass is 10.2. The maximum Gasteiger partial charge on any atom is 0.265 e. The monoisotopic (exact) mass is 134 g/mol. The molecule has 1 amide bonds. The Kier molecular flexibility index (Phi) is 3.15. The molecule has 5 nitrogen and oxygen atoms in total. The van der Waals surface area contributed by atoms with Gasteiger partial charge in [0, 0.05) is 0 Å². The molecular weight excluding hydrogens is 124 g/mol. The second-order valence-electron chi connectivity index (χ2n) is 1.69. The number of aliphatic hydroxyl groups excluding tert-OH is 2. The van der Waals surface area contributed by atoms with E-state index in [0.29, 0.717) is 0 Å². The zero-order chi connectivity index (χ0) is 7.44. The lowest BCUT2D eigenvalue weighted by molar-refractivity contribution is -0.134. The Labute approximate surface area is 52.4 Å². The third kappa shape index (κ3) is 2.41. The van der Waals surface area contributed by atoms with Crippen LogP contribution in [0.4, 0.5) is 0 Å². The summed E-state index contributed by atoms with van der Waals surface area (Å²) < 4.78 is 0. The second kappa shape index (κ2) is 3.39. The summed E-state index contributed by atoms with van der Waals surface area (Å²) in [6.07, 6.45) is -2.52. The van der Waals surface area contributed by atoms with Crippen molar-refractivity contribution in [1.29, 1.82) is 0 Å². The van der Waals surface area contributed by atoms with E-state index in [1.54, 1.807) is 5.43 Å². The van der Waals surface area contributed by atoms with Gasteiger partial charge < -0.3 is 10.2 Å². The first-order valence-corrected chi connectivity index (χ1v) is 2.46. The molecule has 0 aromatic heterocycles. The third-order valence-electron chi connectivity index (χ3n) is 0.868. The van der Waals surface area contributed by atoms with Crippen molar-refractivity contribution in [1.82, 2.24) is 5.43 Å². The van der Waals surface area contributed by atoms with Gasteiger partial charge in [0.05, 0.1) is 6.10 Å². The van der Waals surface area contributed by atoms with E-state index in [0.717, 1.165) is 0 Å². The van der Waals surface area contributed by atoms with Gasteiger partial charge in [-0.3, -0.25) is 10.2 Å². The molecule has 0 unspecified atom stereocenters. The summed E-state index contributed by atoms with van der Waals surface area (Å²) in [6.45, 7) is 1.29. The SMILES string of the molecule is C[C@@H](O)[C@@H](O)C(=O)NN. The highest BCUT2D eigenvalue weighted by Crippen LogP contribution is 1.89. The summed E-state index contributed by atoms with van der Waals surface area (Å²) in [6, 6.07) is 0. The van der Waals surface area contributed by atoms with Crippen LogP contribution in [-0.2, 0) is 4.79 Å². The minimum absolute atomic E-state index is 0.787. The van der Waals surface area contributed by atoms with Crippen molar-refractivity contribution >= 4 is 5.91 Å². The number of hydrogen-bond donors (Lipinski definition) is 4. The van der Waals surface area contributed by atoms with Gasteiger partial charge in [-0.1, -0.05) is 0 Å². The molecule has 0 radical (unpaired) electrons. The fourth-order valence-electron chi connectivity index (χ4n) is 0.304. The summed E-state index contributed by atoms with van der Waals surface area (Å²) >= 11 is 0. The number of rotatable bonds is 2. The normalized spacial score (nSPS) is 16.4. The van der Waals surface area contributed by atoms with E-state index in [9.17, 15) is 4.79 Å². The molecule has 0 heterocycles. The Bertz CT molecular complexity index is 104. The number of amides is 1. The lowest BCUT2D eigenvalue weighted by Crippen LogP contribution is -2.44. The van der Waals surface area contributed by atoms with Crippen molar-refractivity contribution in [2.24, 2.45) is 5.84 Å². The number of aliphatic hydroxyl groups is 2. The van der Waals surface area contributed by atoms with Gasteiger partial charge in [0.1, 0.15) is 0 Å². The molecule has 0 aromatic carbocycles. The van der Waals surface area contributed by atoms with Gasteiger partial charge in [-0.05, 0) is 6.92 Å². The average molecular weight is 134 g/mol. The highest BCUT2D eigenvalue weighted by atomic mass is 16.3. The average Bonchev–Trinajstić information content (AvgIpc) is 1.84. The van der Waals surface area contributed by atoms with E-state index < -0.39 is 18.1 Å². The molecule has 9 heavy (non-hydrogen) atoms. The Morgan fingerprint density at radius 3 is 2.22 bits per heavy atom. The van der Waals surface area contributed by atoms with Gasteiger partial charge in [-0.25, -0.2) is 5.84 Å². The standard InChI is InChI=1S/C4H10N2O3/c1-2(7)3(8)4(9)6-5/h2-3,7-8H,5H2,1H3,(H,6,9)/t2-,3-/m1/s1. The summed E-state index contributed by atoms with van der Waals surface area (Å²) in [4.78, 5) is 10.3. The van der Waals surface area contributed by atoms with Crippen molar-refractivity contribution in [2.45, 2.75) is 19.1 Å². The predicted octanol–water partition coefficient (Wildman–Crippen LogP) is -2.28. The molecule has 0 saturated carbocycles. The highest BCUT2D eigenvalue weighted by molar-refractivity contribution is 5.80. The van der Waals surface area contributed by atoms with Gasteiger partial charge in [0.15, 0.2) is 6.10 Å². The molecule has 0 saturated heterocycles. The summed E-state index contributed by atoms with van der Waals surface area (Å²) in [5, 5.41) is 17.2. The predicted molar refractivity (Wildman–Crippen MR) is 30.0 cm³/mol. The van der Waals surface area contributed by atoms with Crippen LogP contribution in [0.25, 0.3) is 0 Å². The largest absolute Gasteiger partial charge is 0.390 e. The molecule has 0 rings (SSSR count). The van der Waals surface area contributed by atoms with E-state index in [1.807, 2.05) is 0 Å². The number of hydrazine groups is 1. The van der Waals surface area contributed by atoms with Crippen molar-refractivity contribution < 1.29 is 15.0 Å². The first-order valence-electron chi connectivity index (χ1n) is 2.46. The van der Waals surface area contributed by atoms with E-state index >= 15 is 0 Å². The maximum absolute atomic E-state index is 10.3. The molecule has 0 aliphatic rings. The molecule has 0 spiro atoms. The van der Waals surface area contributed by atoms with Gasteiger partial charge in [0.25, 0.3) is 5.91 Å². The number of hydrogen-bond acceptors (Lipinski definition) is 4. The van der Waals surface area contributed by atoms with E-state index in [2.05, 4.69) is 5.84 Å². The Morgan fingerprint density at radius 1 is 1.67 bits per heavy atom. The van der Waals surface area contributed by atoms with Crippen molar-refractivity contribution in [3.63, 3.8) is 0 Å². The first kappa shape index (κ1) is 8.35. The van der Waals surface area contributed by atoms with Crippen LogP contribution in [0.1, 0.15) is 6.92 Å². The molecule has 5 N–H and O–H groups in total. The molecule has 54 valence electrons. The molecule has 0 aliphatic heterocycles. The van der Waals surface area contributed by atoms with Gasteiger partial charge >= 0.3 is 0 Å². The van der Waals surface area contributed by atoms with E-state index in [1.165, 1.54) is 6.92 Å². The molecule has 0 bridgehead atoms. The highest BCUT2D eigenvalue weighted by Gasteiger charge is 2.18. The van der Waals surface area contributed by atoms with Crippen LogP contribution in [-0.4, -0.2) is 28.3 Å². The molecule has 0 aliphatic carbocycles. The zero-order valence-electron chi connectivity index (χ0n) is 5.03. The number of nitrogens with two attached hydrogens (primary N) is 1. The number of carbonyl (C=O) groups excluding carboxylic acids is 1. The quantitative estimate of drug-likeness (QED) is 0.194. The minimum atomic E-state index is -1.44. The van der Waals surface area contributed by atoms with Crippen molar-refractivity contribution in [2.75, 3.05) is 0 Å². The van der Waals surface area contributed by atoms with Crippen molar-refractivity contribution in [3.05, 3.63) is 0 Å². The second-order valence-corrected chi connectivity index (χ2v) is 1.69. The maximum atomic E-state index is 10.3. The summed E-state index contributed by atoms with van der Waals surface area (Å²) in [7, 11) is 0. The van der Waals surface area contributed by atoms with Crippen LogP contribution in [0, 0.1) is 0 Å². The summed E-state index contributed by atoms with van der Waals surface area (Å²) in [5.74, 6) is 3.85. The molecule has 0 fully saturated rings. The van der Waals surface area contributed by atoms with Gasteiger partial charge in [0.2, 0.25) is 0 Å². The van der Waals surface area contributed by atoms with E-state index in [4.69, 9.17) is 10.2 Å². The lowest BCUT2D eigenvalue weighted by Gasteiger charge is -2.09. The smallest absolute Gasteiger partial charge is 0.265 e. The van der Waals surface area contributed by atoms with Crippen LogP contribution in [0.5, 0.6) is 0 Å². The molecule has 0 aromatic rings. The first-order chi connectivity index (χ1) is 4.09. The fraction of sp³-hybridized carbons (Fsp3) is 0.750. The van der Waals surface area contributed by atoms with Crippen molar-refractivity contribution in [3.8, 4) is 0 Å². The van der Waals surface area contributed by atoms with Crippen LogP contribution in [0.3, 0.4) is 0 Å². The van der Waals surface area contributed by atoms with Crippen LogP contribution in [0.15, 0.2) is 0 Å². The Morgan fingerprint density at radius 2 is 2.11 bits per heavy atom. The van der Waals surface area contributed by atoms with Crippen LogP contribution in [0.2, 0.25) is 0 Å². The molecule has 2 atom stereocenters. The van der Waals surface area contributed by atoms with Crippen LogP contribution < -0.4 is 11.3 Å². The van der Waals surface area contributed by atoms with Gasteiger partial charge in [-0.2, -0.15) is 0 Å². The van der Waals surface area contributed by atoms with Crippen LogP contribution >= 0.6 is 0 Å². The fourth-order valence-corrected chi connectivity index (χ4v) is 0.304. The number of carbonyl (C=O) groups is 1. The molecule has 5 heteroatoms. The Hall–Kier alpha value is -0.650. The van der Waals surface area contributed by atoms with Gasteiger partial charge in [-0.15, -0.1) is 0 Å². The Balaban J connectivity index is 3.72.